The summed E-state index contributed by atoms with van der Waals surface area (Å²) in [5.41, 5.74) is 5.88. The smallest absolute Gasteiger partial charge is 0.235 e. The number of fused-ring (bicyclic) bond motifs is 1. The Hall–Kier alpha value is -2.89. The number of aromatic nitrogens is 3. The Labute approximate surface area is 132 Å². The van der Waals surface area contributed by atoms with E-state index in [9.17, 15) is 4.79 Å². The average Bonchev–Trinajstić information content (AvgIpc) is 3.15. The van der Waals surface area contributed by atoms with Gasteiger partial charge < -0.3 is 4.52 Å². The first kappa shape index (κ1) is 13.8. The predicted octanol–water partition coefficient (Wildman–Crippen LogP) is 3.16. The van der Waals surface area contributed by atoms with Crippen LogP contribution in [0.4, 0.5) is 5.88 Å². The fourth-order valence-corrected chi connectivity index (χ4v) is 3.12. The Balaban J connectivity index is 1.83. The Morgan fingerprint density at radius 3 is 2.78 bits per heavy atom. The molecule has 116 valence electrons. The van der Waals surface area contributed by atoms with Crippen LogP contribution in [-0.2, 0) is 4.79 Å². The van der Waals surface area contributed by atoms with Crippen molar-refractivity contribution >= 4 is 11.8 Å². The van der Waals surface area contributed by atoms with Crippen LogP contribution in [0.5, 0.6) is 0 Å². The van der Waals surface area contributed by atoms with Gasteiger partial charge in [-0.05, 0) is 19.4 Å². The predicted molar refractivity (Wildman–Crippen MR) is 85.1 cm³/mol. The lowest BCUT2D eigenvalue weighted by atomic mass is 9.85. The third-order valence-corrected chi connectivity index (χ3v) is 4.28. The van der Waals surface area contributed by atoms with Crippen molar-refractivity contribution in [1.82, 2.24) is 15.4 Å². The average molecular weight is 308 g/mol. The molecule has 0 saturated carbocycles. The molecule has 1 unspecified atom stereocenters. The standard InChI is InChI=1S/C17H16N4O2/c1-9-3-5-11(6-4-9)16-13(8-18-20-16)12-7-14(22)19-17-15(12)10(2)21-23-17/h3-6,8,12H,7H2,1-2H3,(H,18,20)(H,19,22). The number of benzene rings is 1. The van der Waals surface area contributed by atoms with E-state index in [0.29, 0.717) is 12.3 Å². The highest BCUT2D eigenvalue weighted by atomic mass is 16.5. The van der Waals surface area contributed by atoms with Crippen molar-refractivity contribution in [3.8, 4) is 11.3 Å². The molecule has 1 amide bonds. The topological polar surface area (TPSA) is 83.8 Å². The van der Waals surface area contributed by atoms with Crippen molar-refractivity contribution in [1.29, 1.82) is 0 Å². The number of hydrogen-bond donors (Lipinski definition) is 2. The summed E-state index contributed by atoms with van der Waals surface area (Å²) >= 11 is 0. The quantitative estimate of drug-likeness (QED) is 0.761. The molecule has 23 heavy (non-hydrogen) atoms. The summed E-state index contributed by atoms with van der Waals surface area (Å²) < 4.78 is 5.23. The molecule has 0 spiro atoms. The van der Waals surface area contributed by atoms with E-state index in [2.05, 4.69) is 51.9 Å². The van der Waals surface area contributed by atoms with Crippen LogP contribution in [0.25, 0.3) is 11.3 Å². The number of H-pyrrole nitrogens is 1. The first-order valence-electron chi connectivity index (χ1n) is 7.50. The van der Waals surface area contributed by atoms with Gasteiger partial charge >= 0.3 is 0 Å². The van der Waals surface area contributed by atoms with Crippen molar-refractivity contribution in [2.45, 2.75) is 26.2 Å². The molecule has 0 saturated heterocycles. The van der Waals surface area contributed by atoms with Gasteiger partial charge in [-0.15, -0.1) is 0 Å². The number of carbonyl (C=O) groups excluding carboxylic acids is 1. The summed E-state index contributed by atoms with van der Waals surface area (Å²) in [6.07, 6.45) is 2.14. The zero-order chi connectivity index (χ0) is 16.0. The lowest BCUT2D eigenvalue weighted by molar-refractivity contribution is -0.116. The van der Waals surface area contributed by atoms with Gasteiger partial charge in [-0.25, -0.2) is 0 Å². The third kappa shape index (κ3) is 2.23. The molecule has 3 heterocycles. The monoisotopic (exact) mass is 308 g/mol. The number of nitrogens with zero attached hydrogens (tertiary/aromatic N) is 2. The number of anilines is 1. The molecular weight excluding hydrogens is 292 g/mol. The minimum Gasteiger partial charge on any atom is -0.338 e. The fraction of sp³-hybridized carbons (Fsp3) is 0.235. The zero-order valence-electron chi connectivity index (χ0n) is 12.9. The van der Waals surface area contributed by atoms with Crippen LogP contribution in [0.2, 0.25) is 0 Å². The first-order chi connectivity index (χ1) is 11.1. The molecule has 1 aromatic carbocycles. The maximum absolute atomic E-state index is 12.0. The van der Waals surface area contributed by atoms with Crippen LogP contribution >= 0.6 is 0 Å². The minimum absolute atomic E-state index is 0.0743. The lowest BCUT2D eigenvalue weighted by Gasteiger charge is -2.21. The van der Waals surface area contributed by atoms with Crippen molar-refractivity contribution in [3.05, 3.63) is 52.8 Å². The molecule has 2 aromatic heterocycles. The Kier molecular flexibility index (Phi) is 3.04. The van der Waals surface area contributed by atoms with E-state index < -0.39 is 0 Å². The van der Waals surface area contributed by atoms with Gasteiger partial charge in [0.2, 0.25) is 11.8 Å². The van der Waals surface area contributed by atoms with E-state index in [1.54, 1.807) is 6.20 Å². The maximum Gasteiger partial charge on any atom is 0.235 e. The number of carbonyl (C=O) groups is 1. The zero-order valence-corrected chi connectivity index (χ0v) is 12.9. The van der Waals surface area contributed by atoms with Gasteiger partial charge in [0.1, 0.15) is 0 Å². The van der Waals surface area contributed by atoms with Crippen LogP contribution in [0.15, 0.2) is 35.0 Å². The van der Waals surface area contributed by atoms with E-state index >= 15 is 0 Å². The number of rotatable bonds is 2. The van der Waals surface area contributed by atoms with Crippen LogP contribution in [0.3, 0.4) is 0 Å². The van der Waals surface area contributed by atoms with E-state index in [1.807, 2.05) is 6.92 Å². The third-order valence-electron chi connectivity index (χ3n) is 4.28. The normalized spacial score (nSPS) is 17.0. The van der Waals surface area contributed by atoms with E-state index in [0.717, 1.165) is 28.1 Å². The summed E-state index contributed by atoms with van der Waals surface area (Å²) in [7, 11) is 0. The molecule has 3 aromatic rings. The minimum atomic E-state index is -0.111. The van der Waals surface area contributed by atoms with Gasteiger partial charge in [0, 0.05) is 23.5 Å². The molecule has 4 rings (SSSR count). The Bertz CT molecular complexity index is 876. The van der Waals surface area contributed by atoms with Crippen LogP contribution in [0, 0.1) is 13.8 Å². The molecule has 0 aliphatic carbocycles. The van der Waals surface area contributed by atoms with Gasteiger partial charge in [-0.1, -0.05) is 35.0 Å². The number of hydrogen-bond acceptors (Lipinski definition) is 4. The van der Waals surface area contributed by atoms with Gasteiger partial charge in [0.05, 0.1) is 17.6 Å². The molecule has 2 N–H and O–H groups in total. The summed E-state index contributed by atoms with van der Waals surface area (Å²) in [5, 5.41) is 14.0. The van der Waals surface area contributed by atoms with E-state index in [-0.39, 0.29) is 11.8 Å². The van der Waals surface area contributed by atoms with Gasteiger partial charge in [-0.3, -0.25) is 15.2 Å². The van der Waals surface area contributed by atoms with Crippen molar-refractivity contribution < 1.29 is 9.32 Å². The molecule has 0 radical (unpaired) electrons. The Morgan fingerprint density at radius 2 is 2.00 bits per heavy atom. The first-order valence-corrected chi connectivity index (χ1v) is 7.50. The van der Waals surface area contributed by atoms with Gasteiger partial charge in [-0.2, -0.15) is 5.10 Å². The van der Waals surface area contributed by atoms with E-state index in [4.69, 9.17) is 4.52 Å². The summed E-state index contributed by atoms with van der Waals surface area (Å²) in [6, 6.07) is 8.22. The van der Waals surface area contributed by atoms with Gasteiger partial charge in [0.15, 0.2) is 0 Å². The number of amides is 1. The summed E-state index contributed by atoms with van der Waals surface area (Å²) in [4.78, 5) is 12.0. The summed E-state index contributed by atoms with van der Waals surface area (Å²) in [5.74, 6) is 0.259. The molecule has 0 fully saturated rings. The molecular formula is C17H16N4O2. The van der Waals surface area contributed by atoms with Crippen molar-refractivity contribution in [3.63, 3.8) is 0 Å². The molecule has 1 aliphatic heterocycles. The number of aromatic amines is 1. The van der Waals surface area contributed by atoms with Crippen LogP contribution in [0.1, 0.15) is 34.7 Å². The summed E-state index contributed by atoms with van der Waals surface area (Å²) in [6.45, 7) is 3.94. The highest BCUT2D eigenvalue weighted by Crippen LogP contribution is 2.41. The van der Waals surface area contributed by atoms with Gasteiger partial charge in [0.25, 0.3) is 0 Å². The maximum atomic E-state index is 12.0. The highest BCUT2D eigenvalue weighted by Gasteiger charge is 2.34. The van der Waals surface area contributed by atoms with Crippen molar-refractivity contribution in [2.24, 2.45) is 0 Å². The second-order valence-corrected chi connectivity index (χ2v) is 5.88. The fourth-order valence-electron chi connectivity index (χ4n) is 3.12. The number of nitrogens with one attached hydrogen (secondary N) is 2. The lowest BCUT2D eigenvalue weighted by Crippen LogP contribution is -2.23. The molecule has 6 nitrogen and oxygen atoms in total. The van der Waals surface area contributed by atoms with Crippen LogP contribution < -0.4 is 5.32 Å². The SMILES string of the molecule is Cc1ccc(-c2[nH]ncc2C2CC(=O)Nc3onc(C)c32)cc1. The number of aryl methyl sites for hydroxylation is 2. The largest absolute Gasteiger partial charge is 0.338 e. The highest BCUT2D eigenvalue weighted by molar-refractivity contribution is 5.94. The molecule has 1 aliphatic rings. The molecule has 6 heteroatoms. The second-order valence-electron chi connectivity index (χ2n) is 5.88. The van der Waals surface area contributed by atoms with Crippen LogP contribution in [-0.4, -0.2) is 21.3 Å². The van der Waals surface area contributed by atoms with Crippen molar-refractivity contribution in [2.75, 3.05) is 5.32 Å². The second kappa shape index (κ2) is 5.08. The van der Waals surface area contributed by atoms with E-state index in [1.165, 1.54) is 5.56 Å². The Morgan fingerprint density at radius 1 is 1.22 bits per heavy atom. The molecule has 1 atom stereocenters. The molecule has 0 bridgehead atoms.